The summed E-state index contributed by atoms with van der Waals surface area (Å²) in [5.74, 6) is -0.0340. The van der Waals surface area contributed by atoms with Crippen molar-refractivity contribution in [2.45, 2.75) is 32.7 Å². The van der Waals surface area contributed by atoms with Crippen LogP contribution in [0.25, 0.3) is 0 Å². The highest BCUT2D eigenvalue weighted by molar-refractivity contribution is 5.93. The van der Waals surface area contributed by atoms with E-state index in [4.69, 9.17) is 0 Å². The molecule has 0 saturated carbocycles. The lowest BCUT2D eigenvalue weighted by Gasteiger charge is -2.14. The fraction of sp³-hybridized carbons (Fsp3) is 0.353. The molecule has 1 unspecified atom stereocenters. The van der Waals surface area contributed by atoms with Crippen LogP contribution in [0, 0.1) is 0 Å². The first-order valence-corrected chi connectivity index (χ1v) is 8.00. The Kier molecular flexibility index (Phi) is 6.36. The van der Waals surface area contributed by atoms with Crippen molar-refractivity contribution in [3.8, 4) is 0 Å². The number of aromatic nitrogens is 2. The van der Waals surface area contributed by atoms with Crippen LogP contribution in [0.5, 0.6) is 0 Å². The third-order valence-electron chi connectivity index (χ3n) is 3.47. The van der Waals surface area contributed by atoms with Gasteiger partial charge in [-0.25, -0.2) is 9.78 Å². The summed E-state index contributed by atoms with van der Waals surface area (Å²) in [6.07, 6.45) is 6.54. The standard InChI is InChI=1S/C17H23N5O2/c1-3-5-16(23)20-14-6-4-7-15(10-14)21-17(24)19-11-13(2)22-9-8-18-12-22/h4,6-10,12-13H,3,5,11H2,1-2H3,(H,20,23)(H2,19,21,24). The van der Waals surface area contributed by atoms with Gasteiger partial charge in [0.1, 0.15) is 0 Å². The van der Waals surface area contributed by atoms with Crippen LogP contribution >= 0.6 is 0 Å². The monoisotopic (exact) mass is 329 g/mol. The van der Waals surface area contributed by atoms with E-state index < -0.39 is 0 Å². The van der Waals surface area contributed by atoms with Gasteiger partial charge in [-0.05, 0) is 31.5 Å². The van der Waals surface area contributed by atoms with Gasteiger partial charge in [-0.1, -0.05) is 13.0 Å². The summed E-state index contributed by atoms with van der Waals surface area (Å²) in [4.78, 5) is 27.6. The Morgan fingerprint density at radius 1 is 1.25 bits per heavy atom. The van der Waals surface area contributed by atoms with E-state index >= 15 is 0 Å². The molecule has 3 amide bonds. The summed E-state index contributed by atoms with van der Waals surface area (Å²) >= 11 is 0. The molecule has 7 nitrogen and oxygen atoms in total. The van der Waals surface area contributed by atoms with Gasteiger partial charge in [0.25, 0.3) is 0 Å². The quantitative estimate of drug-likeness (QED) is 0.729. The van der Waals surface area contributed by atoms with Crippen molar-refractivity contribution in [1.29, 1.82) is 0 Å². The molecule has 0 radical (unpaired) electrons. The molecule has 0 aliphatic rings. The van der Waals surface area contributed by atoms with Gasteiger partial charge in [-0.2, -0.15) is 0 Å². The van der Waals surface area contributed by atoms with Gasteiger partial charge >= 0.3 is 6.03 Å². The predicted molar refractivity (Wildman–Crippen MR) is 93.9 cm³/mol. The number of nitrogens with one attached hydrogen (secondary N) is 3. The zero-order chi connectivity index (χ0) is 17.4. The van der Waals surface area contributed by atoms with E-state index in [1.165, 1.54) is 0 Å². The Morgan fingerprint density at radius 2 is 2.00 bits per heavy atom. The highest BCUT2D eigenvalue weighted by Gasteiger charge is 2.07. The van der Waals surface area contributed by atoms with E-state index in [1.54, 1.807) is 36.8 Å². The van der Waals surface area contributed by atoms with Crippen LogP contribution in [0.2, 0.25) is 0 Å². The lowest BCUT2D eigenvalue weighted by Crippen LogP contribution is -2.33. The zero-order valence-electron chi connectivity index (χ0n) is 14.0. The molecule has 24 heavy (non-hydrogen) atoms. The van der Waals surface area contributed by atoms with Gasteiger partial charge in [0.05, 0.1) is 6.33 Å². The number of amides is 3. The molecule has 1 aromatic heterocycles. The molecule has 0 spiro atoms. The first-order chi connectivity index (χ1) is 11.6. The number of carbonyl (C=O) groups is 2. The Morgan fingerprint density at radius 3 is 2.67 bits per heavy atom. The van der Waals surface area contributed by atoms with Crippen molar-refractivity contribution < 1.29 is 9.59 Å². The first-order valence-electron chi connectivity index (χ1n) is 8.00. The van der Waals surface area contributed by atoms with Crippen LogP contribution in [-0.4, -0.2) is 28.0 Å². The Bertz CT molecular complexity index is 669. The number of urea groups is 1. The molecule has 1 aromatic carbocycles. The summed E-state index contributed by atoms with van der Waals surface area (Å²) in [5, 5.41) is 8.38. The van der Waals surface area contributed by atoms with Crippen molar-refractivity contribution in [3.05, 3.63) is 43.0 Å². The number of hydrogen-bond donors (Lipinski definition) is 3. The second kappa shape index (κ2) is 8.71. The van der Waals surface area contributed by atoms with Gasteiger partial charge < -0.3 is 20.5 Å². The van der Waals surface area contributed by atoms with Gasteiger partial charge in [0, 0.05) is 42.8 Å². The maximum Gasteiger partial charge on any atom is 0.319 e. The first kappa shape index (κ1) is 17.5. The number of nitrogens with zero attached hydrogens (tertiary/aromatic N) is 2. The number of benzene rings is 1. The summed E-state index contributed by atoms with van der Waals surface area (Å²) in [7, 11) is 0. The van der Waals surface area contributed by atoms with Crippen molar-refractivity contribution in [1.82, 2.24) is 14.9 Å². The summed E-state index contributed by atoms with van der Waals surface area (Å²) < 4.78 is 1.92. The maximum atomic E-state index is 12.0. The van der Waals surface area contributed by atoms with Crippen molar-refractivity contribution in [2.24, 2.45) is 0 Å². The van der Waals surface area contributed by atoms with Crippen molar-refractivity contribution in [2.75, 3.05) is 17.2 Å². The van der Waals surface area contributed by atoms with E-state index in [0.29, 0.717) is 24.3 Å². The van der Waals surface area contributed by atoms with Crippen LogP contribution < -0.4 is 16.0 Å². The molecule has 7 heteroatoms. The molecule has 0 aliphatic carbocycles. The number of rotatable bonds is 7. The second-order valence-corrected chi connectivity index (χ2v) is 5.57. The highest BCUT2D eigenvalue weighted by atomic mass is 16.2. The minimum absolute atomic E-state index is 0.0340. The molecule has 2 aromatic rings. The van der Waals surface area contributed by atoms with Crippen molar-refractivity contribution >= 4 is 23.3 Å². The van der Waals surface area contributed by atoms with E-state index in [9.17, 15) is 9.59 Å². The summed E-state index contributed by atoms with van der Waals surface area (Å²) in [6.45, 7) is 4.42. The third kappa shape index (κ3) is 5.42. The van der Waals surface area contributed by atoms with E-state index in [2.05, 4.69) is 20.9 Å². The van der Waals surface area contributed by atoms with Crippen LogP contribution in [0.4, 0.5) is 16.2 Å². The number of imidazole rings is 1. The molecule has 0 saturated heterocycles. The normalized spacial score (nSPS) is 11.6. The summed E-state index contributed by atoms with van der Waals surface area (Å²) in [5.41, 5.74) is 1.29. The van der Waals surface area contributed by atoms with Gasteiger partial charge in [0.15, 0.2) is 0 Å². The number of carbonyl (C=O) groups excluding carboxylic acids is 2. The van der Waals surface area contributed by atoms with Crippen molar-refractivity contribution in [3.63, 3.8) is 0 Å². The molecule has 2 rings (SSSR count). The number of hydrogen-bond acceptors (Lipinski definition) is 3. The minimum Gasteiger partial charge on any atom is -0.336 e. The fourth-order valence-electron chi connectivity index (χ4n) is 2.18. The van der Waals surface area contributed by atoms with Crippen LogP contribution in [-0.2, 0) is 4.79 Å². The predicted octanol–water partition coefficient (Wildman–Crippen LogP) is 3.00. The molecule has 0 bridgehead atoms. The SMILES string of the molecule is CCCC(=O)Nc1cccc(NC(=O)NCC(C)n2ccnc2)c1. The van der Waals surface area contributed by atoms with Gasteiger partial charge in [-0.15, -0.1) is 0 Å². The minimum atomic E-state index is -0.293. The average Bonchev–Trinajstić information content (AvgIpc) is 3.07. The van der Waals surface area contributed by atoms with Crippen LogP contribution in [0.1, 0.15) is 32.7 Å². The smallest absolute Gasteiger partial charge is 0.319 e. The molecule has 3 N–H and O–H groups in total. The zero-order valence-corrected chi connectivity index (χ0v) is 14.0. The summed E-state index contributed by atoms with van der Waals surface area (Å²) in [6, 6.07) is 6.89. The molecule has 0 fully saturated rings. The van der Waals surface area contributed by atoms with Crippen LogP contribution in [0.3, 0.4) is 0 Å². The van der Waals surface area contributed by atoms with Gasteiger partial charge in [0.2, 0.25) is 5.91 Å². The second-order valence-electron chi connectivity index (χ2n) is 5.57. The highest BCUT2D eigenvalue weighted by Crippen LogP contribution is 2.15. The molecule has 1 atom stereocenters. The average molecular weight is 329 g/mol. The molecule has 128 valence electrons. The lowest BCUT2D eigenvalue weighted by atomic mass is 10.2. The topological polar surface area (TPSA) is 88.0 Å². The van der Waals surface area contributed by atoms with E-state index in [1.807, 2.05) is 24.6 Å². The fourth-order valence-corrected chi connectivity index (χ4v) is 2.18. The van der Waals surface area contributed by atoms with Crippen LogP contribution in [0.15, 0.2) is 43.0 Å². The maximum absolute atomic E-state index is 12.0. The number of anilines is 2. The van der Waals surface area contributed by atoms with E-state index in [0.717, 1.165) is 6.42 Å². The largest absolute Gasteiger partial charge is 0.336 e. The Labute approximate surface area is 141 Å². The molecular formula is C17H23N5O2. The molecular weight excluding hydrogens is 306 g/mol. The Hall–Kier alpha value is -2.83. The van der Waals surface area contributed by atoms with Gasteiger partial charge in [-0.3, -0.25) is 4.79 Å². The molecule has 1 heterocycles. The molecule has 0 aliphatic heterocycles. The van der Waals surface area contributed by atoms with E-state index in [-0.39, 0.29) is 18.0 Å². The Balaban J connectivity index is 1.84. The lowest BCUT2D eigenvalue weighted by molar-refractivity contribution is -0.116. The third-order valence-corrected chi connectivity index (χ3v) is 3.47.